The van der Waals surface area contributed by atoms with Crippen molar-refractivity contribution < 1.29 is 9.21 Å². The maximum absolute atomic E-state index is 12.3. The highest BCUT2D eigenvalue weighted by molar-refractivity contribution is 5.77. The van der Waals surface area contributed by atoms with Gasteiger partial charge in [0, 0.05) is 12.0 Å². The number of carbonyl (C=O) groups is 1. The first-order chi connectivity index (χ1) is 9.54. The van der Waals surface area contributed by atoms with Crippen LogP contribution in [0.1, 0.15) is 63.0 Å². The van der Waals surface area contributed by atoms with Gasteiger partial charge >= 0.3 is 0 Å². The van der Waals surface area contributed by atoms with Crippen LogP contribution in [0.25, 0.3) is 0 Å². The summed E-state index contributed by atoms with van der Waals surface area (Å²) in [5.74, 6) is 1.79. The van der Waals surface area contributed by atoms with E-state index in [4.69, 9.17) is 4.42 Å². The van der Waals surface area contributed by atoms with Gasteiger partial charge in [-0.15, -0.1) is 0 Å². The summed E-state index contributed by atoms with van der Waals surface area (Å²) in [6.45, 7) is 3.87. The first-order valence-electron chi connectivity index (χ1n) is 7.59. The predicted octanol–water partition coefficient (Wildman–Crippen LogP) is 3.08. The smallest absolute Gasteiger partial charge is 0.222 e. The van der Waals surface area contributed by atoms with E-state index in [-0.39, 0.29) is 17.5 Å². The second-order valence-corrected chi connectivity index (χ2v) is 6.01. The van der Waals surface area contributed by atoms with Crippen LogP contribution in [-0.4, -0.2) is 18.5 Å². The molecule has 1 aromatic heterocycles. The van der Waals surface area contributed by atoms with Crippen molar-refractivity contribution in [2.45, 2.75) is 64.0 Å². The van der Waals surface area contributed by atoms with E-state index < -0.39 is 0 Å². The first kappa shape index (κ1) is 15.1. The van der Waals surface area contributed by atoms with Gasteiger partial charge in [-0.3, -0.25) is 4.79 Å². The molecule has 1 atom stereocenters. The minimum absolute atomic E-state index is 0.0128. The molecule has 0 aliphatic heterocycles. The van der Waals surface area contributed by atoms with E-state index in [1.165, 1.54) is 19.3 Å². The molecule has 1 aromatic rings. The van der Waals surface area contributed by atoms with Gasteiger partial charge in [-0.2, -0.15) is 0 Å². The van der Waals surface area contributed by atoms with E-state index in [0.29, 0.717) is 6.42 Å². The van der Waals surface area contributed by atoms with Crippen LogP contribution in [0.4, 0.5) is 0 Å². The molecule has 2 N–H and O–H groups in total. The Balaban J connectivity index is 1.91. The highest BCUT2D eigenvalue weighted by Gasteiger charge is 2.33. The molecule has 1 amide bonds. The van der Waals surface area contributed by atoms with E-state index in [1.54, 1.807) is 0 Å². The minimum atomic E-state index is -0.0753. The summed E-state index contributed by atoms with van der Waals surface area (Å²) < 4.78 is 5.56. The van der Waals surface area contributed by atoms with Crippen LogP contribution in [0.3, 0.4) is 0 Å². The summed E-state index contributed by atoms with van der Waals surface area (Å²) in [4.78, 5) is 12.3. The molecule has 0 spiro atoms. The third kappa shape index (κ3) is 3.63. The van der Waals surface area contributed by atoms with Crippen molar-refractivity contribution in [2.24, 2.45) is 0 Å². The molecule has 1 heterocycles. The zero-order valence-electron chi connectivity index (χ0n) is 12.8. The zero-order chi connectivity index (χ0) is 14.6. The second kappa shape index (κ2) is 6.44. The Morgan fingerprint density at radius 3 is 2.60 bits per heavy atom. The number of nitrogens with one attached hydrogen (secondary N) is 2. The van der Waals surface area contributed by atoms with Gasteiger partial charge in [-0.05, 0) is 45.9 Å². The number of rotatable bonds is 5. The highest BCUT2D eigenvalue weighted by Crippen LogP contribution is 2.31. The molecular weight excluding hydrogens is 252 g/mol. The average molecular weight is 278 g/mol. The first-order valence-corrected chi connectivity index (χ1v) is 7.59. The van der Waals surface area contributed by atoms with Crippen LogP contribution in [0.15, 0.2) is 16.5 Å². The summed E-state index contributed by atoms with van der Waals surface area (Å²) in [5.41, 5.74) is -0.0128. The number of hydrogen-bond acceptors (Lipinski definition) is 3. The molecule has 0 saturated heterocycles. The molecule has 1 aliphatic rings. The molecule has 2 rings (SSSR count). The summed E-state index contributed by atoms with van der Waals surface area (Å²) in [5, 5.41) is 6.42. The summed E-state index contributed by atoms with van der Waals surface area (Å²) in [7, 11) is 1.97. The summed E-state index contributed by atoms with van der Waals surface area (Å²) in [6, 6.07) is 3.77. The van der Waals surface area contributed by atoms with E-state index in [1.807, 2.05) is 33.0 Å². The number of furan rings is 1. The molecular formula is C16H26N2O2. The quantitative estimate of drug-likeness (QED) is 0.870. The molecule has 1 aliphatic carbocycles. The molecule has 112 valence electrons. The van der Waals surface area contributed by atoms with Crippen molar-refractivity contribution in [3.8, 4) is 0 Å². The van der Waals surface area contributed by atoms with Gasteiger partial charge in [-0.1, -0.05) is 19.3 Å². The Morgan fingerprint density at radius 2 is 2.05 bits per heavy atom. The fourth-order valence-corrected chi connectivity index (χ4v) is 3.10. The van der Waals surface area contributed by atoms with Gasteiger partial charge in [0.25, 0.3) is 0 Å². The Kier molecular flexibility index (Phi) is 4.86. The fourth-order valence-electron chi connectivity index (χ4n) is 3.10. The Labute approximate surface area is 121 Å². The topological polar surface area (TPSA) is 54.3 Å². The van der Waals surface area contributed by atoms with E-state index in [0.717, 1.165) is 24.4 Å². The Hall–Kier alpha value is -1.29. The van der Waals surface area contributed by atoms with Gasteiger partial charge in [0.05, 0.1) is 6.04 Å². The van der Waals surface area contributed by atoms with Gasteiger partial charge in [0.2, 0.25) is 5.91 Å². The lowest BCUT2D eigenvalue weighted by Crippen LogP contribution is -2.48. The lowest BCUT2D eigenvalue weighted by molar-refractivity contribution is -0.123. The molecule has 20 heavy (non-hydrogen) atoms. The predicted molar refractivity (Wildman–Crippen MR) is 79.5 cm³/mol. The fraction of sp³-hybridized carbons (Fsp3) is 0.688. The van der Waals surface area contributed by atoms with Crippen LogP contribution in [0, 0.1) is 6.92 Å². The standard InChI is InChI=1S/C16H26N2O2/c1-12-7-8-14(20-12)13(2)18-15(19)11-16(17-3)9-5-4-6-10-16/h7-8,13,17H,4-6,9-11H2,1-3H3,(H,18,19). The van der Waals surface area contributed by atoms with Gasteiger partial charge in [0.15, 0.2) is 0 Å². The van der Waals surface area contributed by atoms with Gasteiger partial charge in [0.1, 0.15) is 11.5 Å². The lowest BCUT2D eigenvalue weighted by Gasteiger charge is -2.36. The van der Waals surface area contributed by atoms with Crippen molar-refractivity contribution in [1.82, 2.24) is 10.6 Å². The Bertz CT molecular complexity index is 447. The lowest BCUT2D eigenvalue weighted by atomic mass is 9.79. The average Bonchev–Trinajstić information content (AvgIpc) is 2.86. The van der Waals surface area contributed by atoms with Crippen molar-refractivity contribution in [2.75, 3.05) is 7.05 Å². The number of amides is 1. The van der Waals surface area contributed by atoms with Crippen molar-refractivity contribution in [3.63, 3.8) is 0 Å². The molecule has 1 fully saturated rings. The monoisotopic (exact) mass is 278 g/mol. The summed E-state index contributed by atoms with van der Waals surface area (Å²) in [6.07, 6.45) is 6.43. The molecule has 4 nitrogen and oxygen atoms in total. The van der Waals surface area contributed by atoms with Crippen LogP contribution in [0.5, 0.6) is 0 Å². The molecule has 0 radical (unpaired) electrons. The van der Waals surface area contributed by atoms with Crippen molar-refractivity contribution in [1.29, 1.82) is 0 Å². The molecule has 4 heteroatoms. The third-order valence-electron chi connectivity index (χ3n) is 4.41. The van der Waals surface area contributed by atoms with Crippen molar-refractivity contribution in [3.05, 3.63) is 23.7 Å². The van der Waals surface area contributed by atoms with E-state index in [2.05, 4.69) is 10.6 Å². The molecule has 0 bridgehead atoms. The van der Waals surface area contributed by atoms with Gasteiger partial charge < -0.3 is 15.1 Å². The van der Waals surface area contributed by atoms with Crippen LogP contribution in [-0.2, 0) is 4.79 Å². The maximum atomic E-state index is 12.3. The Morgan fingerprint density at radius 1 is 1.35 bits per heavy atom. The van der Waals surface area contributed by atoms with E-state index in [9.17, 15) is 4.79 Å². The van der Waals surface area contributed by atoms with Crippen LogP contribution >= 0.6 is 0 Å². The SMILES string of the molecule is CNC1(CC(=O)NC(C)c2ccc(C)o2)CCCCC1. The molecule has 1 saturated carbocycles. The summed E-state index contributed by atoms with van der Waals surface area (Å²) >= 11 is 0. The van der Waals surface area contributed by atoms with E-state index >= 15 is 0 Å². The normalized spacial score (nSPS) is 19.6. The maximum Gasteiger partial charge on any atom is 0.222 e. The molecule has 1 unspecified atom stereocenters. The second-order valence-electron chi connectivity index (χ2n) is 6.01. The highest BCUT2D eigenvalue weighted by atomic mass is 16.3. The van der Waals surface area contributed by atoms with Crippen LogP contribution < -0.4 is 10.6 Å². The van der Waals surface area contributed by atoms with Crippen molar-refractivity contribution >= 4 is 5.91 Å². The number of hydrogen-bond donors (Lipinski definition) is 2. The van der Waals surface area contributed by atoms with Gasteiger partial charge in [-0.25, -0.2) is 0 Å². The number of aryl methyl sites for hydroxylation is 1. The zero-order valence-corrected chi connectivity index (χ0v) is 12.8. The van der Waals surface area contributed by atoms with Crippen LogP contribution in [0.2, 0.25) is 0 Å². The minimum Gasteiger partial charge on any atom is -0.464 e. The molecule has 0 aromatic carbocycles. The largest absolute Gasteiger partial charge is 0.464 e. The number of carbonyl (C=O) groups excluding carboxylic acids is 1. The third-order valence-corrected chi connectivity index (χ3v) is 4.41.